The number of benzene rings is 1. The predicted octanol–water partition coefficient (Wildman–Crippen LogP) is 12.9. The zero-order valence-corrected chi connectivity index (χ0v) is 38.2. The Morgan fingerprint density at radius 2 is 0.877 bits per heavy atom. The molecule has 0 heterocycles. The zero-order valence-electron chi connectivity index (χ0n) is 38.2. The summed E-state index contributed by atoms with van der Waals surface area (Å²) in [6.45, 7) is 15.8. The molecule has 57 heavy (non-hydrogen) atoms. The molecule has 0 aliphatic carbocycles. The molecule has 3 atom stereocenters. The number of carbonyl (C=O) groups excluding carboxylic acids is 3. The number of hydrogen-bond acceptors (Lipinski definition) is 6. The highest BCUT2D eigenvalue weighted by Crippen LogP contribution is 2.22. The molecule has 7 heteroatoms. The van der Waals surface area contributed by atoms with E-state index in [-0.39, 0.29) is 48.9 Å². The van der Waals surface area contributed by atoms with Gasteiger partial charge in [-0.25, -0.2) is 0 Å². The number of hydrogen-bond donors (Lipinski definition) is 0. The van der Waals surface area contributed by atoms with E-state index in [2.05, 4.69) is 70.7 Å². The fourth-order valence-corrected chi connectivity index (χ4v) is 8.13. The van der Waals surface area contributed by atoms with E-state index in [0.29, 0.717) is 19.5 Å². The van der Waals surface area contributed by atoms with Crippen LogP contribution in [-0.4, -0.2) is 73.1 Å². The largest absolute Gasteiger partial charge is 0.464 e. The third-order valence-corrected chi connectivity index (χ3v) is 11.9. The topological polar surface area (TPSA) is 76.1 Å². The van der Waals surface area contributed by atoms with Crippen molar-refractivity contribution >= 4 is 17.8 Å². The Balaban J connectivity index is 3.05. The molecule has 0 saturated heterocycles. The molecule has 7 nitrogen and oxygen atoms in total. The average molecular weight is 799 g/mol. The molecule has 0 N–H and O–H groups in total. The zero-order chi connectivity index (χ0) is 41.8. The van der Waals surface area contributed by atoms with Crippen molar-refractivity contribution in [2.45, 2.75) is 215 Å². The van der Waals surface area contributed by atoms with Crippen molar-refractivity contribution in [1.82, 2.24) is 9.80 Å². The van der Waals surface area contributed by atoms with Gasteiger partial charge in [-0.3, -0.25) is 14.4 Å². The number of likely N-dealkylation sites (N-methyl/N-ethyl adjacent to an activating group) is 1. The van der Waals surface area contributed by atoms with Crippen molar-refractivity contribution in [2.75, 3.05) is 39.4 Å². The van der Waals surface area contributed by atoms with Crippen LogP contribution >= 0.6 is 0 Å². The molecule has 0 radical (unpaired) electrons. The first-order valence-electron chi connectivity index (χ1n) is 24.2. The van der Waals surface area contributed by atoms with Crippen LogP contribution in [0.5, 0.6) is 0 Å². The van der Waals surface area contributed by atoms with E-state index in [0.717, 1.165) is 96.6 Å². The third-order valence-electron chi connectivity index (χ3n) is 11.9. The fraction of sp³-hybridized carbons (Fsp3) is 0.820. The van der Waals surface area contributed by atoms with Crippen molar-refractivity contribution in [3.63, 3.8) is 0 Å². The molecule has 0 aliphatic rings. The van der Waals surface area contributed by atoms with Gasteiger partial charge in [0, 0.05) is 12.5 Å². The minimum absolute atomic E-state index is 0.0151. The average Bonchev–Trinajstić information content (AvgIpc) is 3.21. The van der Waals surface area contributed by atoms with E-state index in [4.69, 9.17) is 9.47 Å². The van der Waals surface area contributed by atoms with Crippen LogP contribution in [0, 0.1) is 11.8 Å². The molecule has 0 saturated carbocycles. The fourth-order valence-electron chi connectivity index (χ4n) is 8.13. The Morgan fingerprint density at radius 3 is 1.26 bits per heavy atom. The number of nitrogens with zero attached hydrogens (tertiary/aromatic N) is 2. The van der Waals surface area contributed by atoms with Crippen molar-refractivity contribution in [2.24, 2.45) is 11.8 Å². The molecular weight excluding hydrogens is 709 g/mol. The van der Waals surface area contributed by atoms with E-state index in [1.54, 1.807) is 4.90 Å². The Kier molecular flexibility index (Phi) is 33.8. The summed E-state index contributed by atoms with van der Waals surface area (Å²) in [5.41, 5.74) is 1.21. The van der Waals surface area contributed by atoms with E-state index in [1.807, 2.05) is 6.07 Å². The second kappa shape index (κ2) is 36.7. The van der Waals surface area contributed by atoms with Gasteiger partial charge in [0.05, 0.1) is 24.9 Å². The number of rotatable bonds is 39. The van der Waals surface area contributed by atoms with Crippen LogP contribution in [0.15, 0.2) is 30.3 Å². The summed E-state index contributed by atoms with van der Waals surface area (Å²) in [7, 11) is 0. The van der Waals surface area contributed by atoms with Crippen molar-refractivity contribution < 1.29 is 23.9 Å². The second-order valence-corrected chi connectivity index (χ2v) is 16.7. The van der Waals surface area contributed by atoms with Gasteiger partial charge in [-0.15, -0.1) is 0 Å². The van der Waals surface area contributed by atoms with Gasteiger partial charge in [0.2, 0.25) is 5.91 Å². The van der Waals surface area contributed by atoms with E-state index in [1.165, 1.54) is 82.6 Å². The maximum atomic E-state index is 14.2. The van der Waals surface area contributed by atoms with Gasteiger partial charge in [-0.05, 0) is 50.8 Å². The Hall–Kier alpha value is -2.41. The van der Waals surface area contributed by atoms with Crippen molar-refractivity contribution in [3.05, 3.63) is 35.9 Å². The molecule has 1 rings (SSSR count). The summed E-state index contributed by atoms with van der Waals surface area (Å²) in [5.74, 6) is -0.399. The number of unbranched alkanes of at least 4 members (excludes halogenated alkanes) is 16. The van der Waals surface area contributed by atoms with E-state index >= 15 is 0 Å². The predicted molar refractivity (Wildman–Crippen MR) is 240 cm³/mol. The van der Waals surface area contributed by atoms with Gasteiger partial charge in [0.25, 0.3) is 0 Å². The minimum atomic E-state index is -0.121. The van der Waals surface area contributed by atoms with Crippen LogP contribution in [0.1, 0.15) is 208 Å². The first-order chi connectivity index (χ1) is 27.8. The lowest BCUT2D eigenvalue weighted by atomic mass is 9.94. The Morgan fingerprint density at radius 1 is 0.509 bits per heavy atom. The molecule has 1 aromatic rings. The highest BCUT2D eigenvalue weighted by molar-refractivity contribution is 5.77. The maximum Gasteiger partial charge on any atom is 0.308 e. The smallest absolute Gasteiger partial charge is 0.308 e. The Bertz CT molecular complexity index is 1040. The minimum Gasteiger partial charge on any atom is -0.464 e. The second-order valence-electron chi connectivity index (χ2n) is 16.7. The van der Waals surface area contributed by atoms with Crippen LogP contribution in [-0.2, 0) is 30.3 Å². The van der Waals surface area contributed by atoms with Gasteiger partial charge in [-0.2, -0.15) is 0 Å². The summed E-state index contributed by atoms with van der Waals surface area (Å²) in [4.78, 5) is 45.4. The van der Waals surface area contributed by atoms with Crippen LogP contribution < -0.4 is 0 Å². The van der Waals surface area contributed by atoms with Gasteiger partial charge < -0.3 is 19.3 Å². The summed E-state index contributed by atoms with van der Waals surface area (Å²) in [6.07, 6.45) is 28.2. The number of ether oxygens (including phenoxy) is 2. The van der Waals surface area contributed by atoms with Crippen LogP contribution in [0.2, 0.25) is 0 Å². The first-order valence-corrected chi connectivity index (χ1v) is 24.2. The molecule has 1 amide bonds. The lowest BCUT2D eigenvalue weighted by Crippen LogP contribution is -2.44. The van der Waals surface area contributed by atoms with Crippen LogP contribution in [0.25, 0.3) is 0 Å². The van der Waals surface area contributed by atoms with Crippen molar-refractivity contribution in [3.8, 4) is 0 Å². The standard InChI is InChI=1S/C50H90N2O5/c1-7-13-17-21-23-30-36-45(34-28-19-15-9-3)49(54)56-40-38-52(48(53)43-47(51(11-5)12-6)42-44-32-26-25-27-33-44)39-41-57-50(55)46(35-29-20-16-10-4)37-31-24-22-18-14-8-2/h25-27,32-33,45-47H,7-24,28-31,34-43H2,1-6H3. The quantitative estimate of drug-likeness (QED) is 0.0488. The summed E-state index contributed by atoms with van der Waals surface area (Å²) < 4.78 is 12.0. The first kappa shape index (κ1) is 52.6. The monoisotopic (exact) mass is 799 g/mol. The molecular formula is C50H90N2O5. The van der Waals surface area contributed by atoms with Crippen molar-refractivity contribution in [1.29, 1.82) is 0 Å². The highest BCUT2D eigenvalue weighted by Gasteiger charge is 2.26. The van der Waals surface area contributed by atoms with Crippen LogP contribution in [0.3, 0.4) is 0 Å². The normalized spacial score (nSPS) is 13.0. The molecule has 0 bridgehead atoms. The molecule has 3 unspecified atom stereocenters. The number of carbonyl (C=O) groups is 3. The van der Waals surface area contributed by atoms with Gasteiger partial charge >= 0.3 is 11.9 Å². The lowest BCUT2D eigenvalue weighted by molar-refractivity contribution is -0.152. The molecule has 0 spiro atoms. The van der Waals surface area contributed by atoms with Gasteiger partial charge in [0.1, 0.15) is 13.2 Å². The van der Waals surface area contributed by atoms with Gasteiger partial charge in [-0.1, -0.05) is 200 Å². The third kappa shape index (κ3) is 26.3. The number of esters is 2. The van der Waals surface area contributed by atoms with E-state index in [9.17, 15) is 14.4 Å². The molecule has 0 aromatic heterocycles. The number of amides is 1. The van der Waals surface area contributed by atoms with Gasteiger partial charge in [0.15, 0.2) is 0 Å². The summed E-state index contributed by atoms with van der Waals surface area (Å²) in [6, 6.07) is 10.4. The van der Waals surface area contributed by atoms with Crippen LogP contribution in [0.4, 0.5) is 0 Å². The SMILES string of the molecule is CCCCCCCCC(CCCCCC)C(=O)OCCN(CCOC(=O)C(CCCCCC)CCCCCCCC)C(=O)CC(Cc1ccccc1)N(CC)CC. The molecule has 330 valence electrons. The molecule has 0 fully saturated rings. The molecule has 0 aliphatic heterocycles. The Labute approximate surface area is 352 Å². The van der Waals surface area contributed by atoms with E-state index < -0.39 is 0 Å². The molecule has 1 aromatic carbocycles. The highest BCUT2D eigenvalue weighted by atomic mass is 16.5. The summed E-state index contributed by atoms with van der Waals surface area (Å²) in [5, 5.41) is 0. The maximum absolute atomic E-state index is 14.2. The summed E-state index contributed by atoms with van der Waals surface area (Å²) >= 11 is 0. The lowest BCUT2D eigenvalue weighted by Gasteiger charge is -2.32.